The number of rotatable bonds is 3. The lowest BCUT2D eigenvalue weighted by Gasteiger charge is -2.01. The highest BCUT2D eigenvalue weighted by atomic mass is 32.2. The number of methoxy groups -OCH3 is 1. The average Bonchev–Trinajstić information content (AvgIpc) is 2.81. The molecule has 0 heterocycles. The fourth-order valence-corrected chi connectivity index (χ4v) is 3.59. The second kappa shape index (κ2) is 4.13. The van der Waals surface area contributed by atoms with Crippen LogP contribution in [0.4, 0.5) is 0 Å². The van der Waals surface area contributed by atoms with Crippen LogP contribution in [0.1, 0.15) is 13.8 Å². The summed E-state index contributed by atoms with van der Waals surface area (Å²) in [5.74, 6) is -0.0545. The molecule has 0 unspecified atom stereocenters. The minimum atomic E-state index is -0.0848. The van der Waals surface area contributed by atoms with Gasteiger partial charge in [0.1, 0.15) is 0 Å². The van der Waals surface area contributed by atoms with Crippen molar-refractivity contribution in [2.24, 2.45) is 11.3 Å². The molecular formula is C13H16O2S. The molecule has 2 nitrogen and oxygen atoms in total. The number of esters is 1. The molecule has 0 amide bonds. The van der Waals surface area contributed by atoms with Crippen LogP contribution in [0.25, 0.3) is 0 Å². The van der Waals surface area contributed by atoms with Gasteiger partial charge >= 0.3 is 5.97 Å². The van der Waals surface area contributed by atoms with Gasteiger partial charge in [0.25, 0.3) is 0 Å². The summed E-state index contributed by atoms with van der Waals surface area (Å²) in [6.45, 7) is 4.24. The van der Waals surface area contributed by atoms with Gasteiger partial charge < -0.3 is 4.74 Å². The SMILES string of the molecule is COC(=O)[C@H]1[C@H](Sc2ccccc2)C1(C)C. The topological polar surface area (TPSA) is 26.3 Å². The zero-order valence-electron chi connectivity index (χ0n) is 9.77. The molecule has 16 heavy (non-hydrogen) atoms. The lowest BCUT2D eigenvalue weighted by atomic mass is 10.1. The molecule has 2 rings (SSSR count). The third kappa shape index (κ3) is 1.96. The Morgan fingerprint density at radius 2 is 1.94 bits per heavy atom. The van der Waals surface area contributed by atoms with Crippen LogP contribution >= 0.6 is 11.8 Å². The minimum Gasteiger partial charge on any atom is -0.469 e. The first-order valence-electron chi connectivity index (χ1n) is 5.37. The van der Waals surface area contributed by atoms with Crippen molar-refractivity contribution in [2.45, 2.75) is 24.0 Å². The van der Waals surface area contributed by atoms with Gasteiger partial charge in [-0.25, -0.2) is 0 Å². The zero-order valence-corrected chi connectivity index (χ0v) is 10.6. The Kier molecular flexibility index (Phi) is 2.98. The number of hydrogen-bond acceptors (Lipinski definition) is 3. The van der Waals surface area contributed by atoms with E-state index in [0.29, 0.717) is 5.25 Å². The maximum atomic E-state index is 11.6. The van der Waals surface area contributed by atoms with E-state index in [2.05, 4.69) is 26.0 Å². The van der Waals surface area contributed by atoms with Gasteiger partial charge in [-0.1, -0.05) is 32.0 Å². The van der Waals surface area contributed by atoms with E-state index in [1.165, 1.54) is 12.0 Å². The van der Waals surface area contributed by atoms with E-state index in [1.807, 2.05) is 18.2 Å². The van der Waals surface area contributed by atoms with Crippen LogP contribution < -0.4 is 0 Å². The molecule has 0 aromatic heterocycles. The first-order chi connectivity index (χ1) is 7.57. The fraction of sp³-hybridized carbons (Fsp3) is 0.462. The van der Waals surface area contributed by atoms with Crippen LogP contribution in [0.15, 0.2) is 35.2 Å². The van der Waals surface area contributed by atoms with Gasteiger partial charge in [0.2, 0.25) is 0 Å². The molecule has 1 aliphatic rings. The quantitative estimate of drug-likeness (QED) is 0.755. The molecule has 1 aromatic carbocycles. The third-order valence-electron chi connectivity index (χ3n) is 3.19. The number of hydrogen-bond donors (Lipinski definition) is 0. The predicted octanol–water partition coefficient (Wildman–Crippen LogP) is 2.98. The lowest BCUT2D eigenvalue weighted by molar-refractivity contribution is -0.142. The smallest absolute Gasteiger partial charge is 0.310 e. The summed E-state index contributed by atoms with van der Waals surface area (Å²) in [4.78, 5) is 12.8. The molecule has 1 aliphatic carbocycles. The number of ether oxygens (including phenoxy) is 1. The molecule has 1 saturated carbocycles. The summed E-state index contributed by atoms with van der Waals surface area (Å²) in [5.41, 5.74) is 0.0492. The van der Waals surface area contributed by atoms with Crippen LogP contribution in [0.3, 0.4) is 0 Å². The van der Waals surface area contributed by atoms with Gasteiger partial charge in [-0.05, 0) is 17.5 Å². The van der Waals surface area contributed by atoms with Gasteiger partial charge in [0, 0.05) is 10.1 Å². The van der Waals surface area contributed by atoms with Crippen LogP contribution in [0, 0.1) is 11.3 Å². The second-order valence-electron chi connectivity index (χ2n) is 4.67. The van der Waals surface area contributed by atoms with Gasteiger partial charge in [-0.15, -0.1) is 11.8 Å². The summed E-state index contributed by atoms with van der Waals surface area (Å²) < 4.78 is 4.83. The zero-order chi connectivity index (χ0) is 11.8. The predicted molar refractivity (Wildman–Crippen MR) is 65.4 cm³/mol. The largest absolute Gasteiger partial charge is 0.469 e. The molecule has 1 fully saturated rings. The highest BCUT2D eigenvalue weighted by Crippen LogP contribution is 2.61. The van der Waals surface area contributed by atoms with Crippen molar-refractivity contribution in [2.75, 3.05) is 7.11 Å². The number of benzene rings is 1. The first-order valence-corrected chi connectivity index (χ1v) is 6.25. The molecule has 0 aliphatic heterocycles. The Morgan fingerprint density at radius 3 is 2.50 bits per heavy atom. The maximum Gasteiger partial charge on any atom is 0.310 e. The van der Waals surface area contributed by atoms with E-state index in [4.69, 9.17) is 4.74 Å². The lowest BCUT2D eigenvalue weighted by Crippen LogP contribution is -2.07. The standard InChI is InChI=1S/C13H16O2S/c1-13(2)10(12(14)15-3)11(13)16-9-7-5-4-6-8-9/h4-8,10-11H,1-3H3/t10-,11+/m1/s1. The molecule has 0 radical (unpaired) electrons. The molecular weight excluding hydrogens is 220 g/mol. The number of carbonyl (C=O) groups excluding carboxylic acids is 1. The Bertz CT molecular complexity index is 386. The van der Waals surface area contributed by atoms with Gasteiger partial charge in [0.15, 0.2) is 0 Å². The normalized spacial score (nSPS) is 26.2. The van der Waals surface area contributed by atoms with E-state index < -0.39 is 0 Å². The molecule has 0 bridgehead atoms. The Hall–Kier alpha value is -0.960. The average molecular weight is 236 g/mol. The minimum absolute atomic E-state index is 0.0303. The van der Waals surface area contributed by atoms with Crippen molar-refractivity contribution in [3.63, 3.8) is 0 Å². The van der Waals surface area contributed by atoms with Crippen LogP contribution in [0.2, 0.25) is 0 Å². The third-order valence-corrected chi connectivity index (χ3v) is 4.87. The van der Waals surface area contributed by atoms with Gasteiger partial charge in [-0.3, -0.25) is 4.79 Å². The van der Waals surface area contributed by atoms with Crippen molar-refractivity contribution in [1.29, 1.82) is 0 Å². The molecule has 0 saturated heterocycles. The van der Waals surface area contributed by atoms with Crippen molar-refractivity contribution < 1.29 is 9.53 Å². The summed E-state index contributed by atoms with van der Waals surface area (Å²) in [6.07, 6.45) is 0. The van der Waals surface area contributed by atoms with Crippen LogP contribution in [-0.2, 0) is 9.53 Å². The van der Waals surface area contributed by atoms with E-state index in [0.717, 1.165) is 0 Å². The van der Waals surface area contributed by atoms with Crippen molar-refractivity contribution >= 4 is 17.7 Å². The van der Waals surface area contributed by atoms with Crippen LogP contribution in [0.5, 0.6) is 0 Å². The second-order valence-corrected chi connectivity index (χ2v) is 5.89. The van der Waals surface area contributed by atoms with Crippen molar-refractivity contribution in [3.05, 3.63) is 30.3 Å². The summed E-state index contributed by atoms with van der Waals surface area (Å²) in [5, 5.41) is 0.336. The van der Waals surface area contributed by atoms with E-state index in [9.17, 15) is 4.79 Å². The Morgan fingerprint density at radius 1 is 1.31 bits per heavy atom. The number of carbonyl (C=O) groups is 1. The van der Waals surface area contributed by atoms with E-state index >= 15 is 0 Å². The summed E-state index contributed by atoms with van der Waals surface area (Å²) in [6, 6.07) is 10.2. The summed E-state index contributed by atoms with van der Waals surface area (Å²) in [7, 11) is 1.46. The van der Waals surface area contributed by atoms with Crippen LogP contribution in [-0.4, -0.2) is 18.3 Å². The number of thioether (sulfide) groups is 1. The van der Waals surface area contributed by atoms with Crippen molar-refractivity contribution in [3.8, 4) is 0 Å². The highest BCUT2D eigenvalue weighted by molar-refractivity contribution is 8.00. The van der Waals surface area contributed by atoms with Gasteiger partial charge in [-0.2, -0.15) is 0 Å². The molecule has 2 atom stereocenters. The Balaban J connectivity index is 2.05. The highest BCUT2D eigenvalue weighted by Gasteiger charge is 2.63. The molecule has 0 N–H and O–H groups in total. The van der Waals surface area contributed by atoms with Gasteiger partial charge in [0.05, 0.1) is 13.0 Å². The van der Waals surface area contributed by atoms with E-state index in [-0.39, 0.29) is 17.3 Å². The van der Waals surface area contributed by atoms with Crippen molar-refractivity contribution in [1.82, 2.24) is 0 Å². The fourth-order valence-electron chi connectivity index (χ4n) is 2.01. The summed E-state index contributed by atoms with van der Waals surface area (Å²) >= 11 is 1.77. The molecule has 3 heteroatoms. The molecule has 0 spiro atoms. The maximum absolute atomic E-state index is 11.6. The van der Waals surface area contributed by atoms with E-state index in [1.54, 1.807) is 11.8 Å². The Labute approximate surface area is 100 Å². The molecule has 1 aromatic rings. The molecule has 86 valence electrons. The monoisotopic (exact) mass is 236 g/mol. The first kappa shape index (κ1) is 11.5.